The Morgan fingerprint density at radius 2 is 1.92 bits per heavy atom. The molecule has 0 bridgehead atoms. The van der Waals surface area contributed by atoms with Crippen LogP contribution in [0.4, 0.5) is 0 Å². The monoisotopic (exact) mass is 182 g/mol. The average Bonchev–Trinajstić information content (AvgIpc) is 2.31. The van der Waals surface area contributed by atoms with Gasteiger partial charge in [0.2, 0.25) is 0 Å². The first kappa shape index (κ1) is 9.92. The topological polar surface area (TPSA) is 63.4 Å². The van der Waals surface area contributed by atoms with Gasteiger partial charge in [0, 0.05) is 24.2 Å². The van der Waals surface area contributed by atoms with Crippen molar-refractivity contribution in [3.05, 3.63) is 11.1 Å². The quantitative estimate of drug-likeness (QED) is 0.627. The normalized spacial score (nSPS) is 17.6. The number of amides is 2. The van der Waals surface area contributed by atoms with E-state index < -0.39 is 0 Å². The minimum Gasteiger partial charge on any atom is -0.329 e. The lowest BCUT2D eigenvalue weighted by atomic mass is 10.1. The summed E-state index contributed by atoms with van der Waals surface area (Å²) in [5.74, 6) is -0.359. The van der Waals surface area contributed by atoms with Crippen LogP contribution in [0.15, 0.2) is 11.1 Å². The molecular weight excluding hydrogens is 168 g/mol. The first-order chi connectivity index (χ1) is 6.13. The molecule has 0 aromatic heterocycles. The molecule has 2 N–H and O–H groups in total. The minimum absolute atomic E-state index is 0.171. The van der Waals surface area contributed by atoms with Gasteiger partial charge in [0.05, 0.1) is 0 Å². The standard InChI is InChI=1S/C9H14N2O2/c1-3-7-6(2)8(12)11(5-4-10)9(7)13/h3-5,10H2,1-2H3. The lowest BCUT2D eigenvalue weighted by molar-refractivity contribution is -0.137. The van der Waals surface area contributed by atoms with Gasteiger partial charge in [-0.15, -0.1) is 0 Å². The number of rotatable bonds is 3. The van der Waals surface area contributed by atoms with Gasteiger partial charge in [-0.1, -0.05) is 6.92 Å². The second-order valence-electron chi connectivity index (χ2n) is 3.01. The minimum atomic E-state index is -0.188. The van der Waals surface area contributed by atoms with E-state index in [-0.39, 0.29) is 11.8 Å². The zero-order valence-corrected chi connectivity index (χ0v) is 7.96. The highest BCUT2D eigenvalue weighted by Crippen LogP contribution is 2.21. The van der Waals surface area contributed by atoms with E-state index in [0.29, 0.717) is 30.7 Å². The fraction of sp³-hybridized carbons (Fsp3) is 0.556. The third kappa shape index (κ3) is 1.49. The maximum Gasteiger partial charge on any atom is 0.257 e. The number of carbonyl (C=O) groups excluding carboxylic acids is 2. The predicted molar refractivity (Wildman–Crippen MR) is 48.8 cm³/mol. The lowest BCUT2D eigenvalue weighted by Gasteiger charge is -2.12. The number of nitrogens with two attached hydrogens (primary N) is 1. The summed E-state index contributed by atoms with van der Waals surface area (Å²) in [4.78, 5) is 24.2. The molecular formula is C9H14N2O2. The van der Waals surface area contributed by atoms with Crippen molar-refractivity contribution >= 4 is 11.8 Å². The zero-order chi connectivity index (χ0) is 10.0. The SMILES string of the molecule is CCC1=C(C)C(=O)N(CCN)C1=O. The molecule has 72 valence electrons. The predicted octanol–water partition coefficient (Wildman–Crippen LogP) is 0.0404. The van der Waals surface area contributed by atoms with Crippen molar-refractivity contribution in [2.75, 3.05) is 13.1 Å². The lowest BCUT2D eigenvalue weighted by Crippen LogP contribution is -2.35. The molecule has 0 atom stereocenters. The molecule has 0 aliphatic carbocycles. The summed E-state index contributed by atoms with van der Waals surface area (Å²) < 4.78 is 0. The summed E-state index contributed by atoms with van der Waals surface area (Å²) in [6, 6.07) is 0. The molecule has 0 saturated carbocycles. The third-order valence-electron chi connectivity index (χ3n) is 2.23. The van der Waals surface area contributed by atoms with Crippen molar-refractivity contribution in [1.82, 2.24) is 4.90 Å². The van der Waals surface area contributed by atoms with Crippen LogP contribution in [0.25, 0.3) is 0 Å². The fourth-order valence-electron chi connectivity index (χ4n) is 1.50. The third-order valence-corrected chi connectivity index (χ3v) is 2.23. The Kier molecular flexibility index (Phi) is 2.83. The second kappa shape index (κ2) is 3.70. The number of imide groups is 1. The summed E-state index contributed by atoms with van der Waals surface area (Å²) in [5, 5.41) is 0. The van der Waals surface area contributed by atoms with E-state index in [0.717, 1.165) is 0 Å². The maximum absolute atomic E-state index is 11.5. The zero-order valence-electron chi connectivity index (χ0n) is 7.96. The van der Waals surface area contributed by atoms with Crippen LogP contribution in [-0.4, -0.2) is 29.8 Å². The first-order valence-corrected chi connectivity index (χ1v) is 4.39. The Bertz CT molecular complexity index is 281. The highest BCUT2D eigenvalue weighted by atomic mass is 16.2. The van der Waals surface area contributed by atoms with E-state index in [1.54, 1.807) is 6.92 Å². The number of nitrogens with zero attached hydrogens (tertiary/aromatic N) is 1. The van der Waals surface area contributed by atoms with E-state index >= 15 is 0 Å². The van der Waals surface area contributed by atoms with E-state index in [9.17, 15) is 9.59 Å². The van der Waals surface area contributed by atoms with Gasteiger partial charge in [0.1, 0.15) is 0 Å². The van der Waals surface area contributed by atoms with Crippen LogP contribution in [-0.2, 0) is 9.59 Å². The van der Waals surface area contributed by atoms with E-state index in [4.69, 9.17) is 5.73 Å². The summed E-state index contributed by atoms with van der Waals surface area (Å²) in [7, 11) is 0. The van der Waals surface area contributed by atoms with Crippen molar-refractivity contribution in [2.45, 2.75) is 20.3 Å². The Morgan fingerprint density at radius 3 is 2.31 bits per heavy atom. The van der Waals surface area contributed by atoms with E-state index in [1.807, 2.05) is 6.92 Å². The summed E-state index contributed by atoms with van der Waals surface area (Å²) in [6.45, 7) is 4.20. The average molecular weight is 182 g/mol. The molecule has 0 spiro atoms. The van der Waals surface area contributed by atoms with Gasteiger partial charge in [-0.05, 0) is 13.3 Å². The Morgan fingerprint density at radius 1 is 1.31 bits per heavy atom. The molecule has 0 aromatic rings. The Balaban J connectivity index is 2.91. The van der Waals surface area contributed by atoms with E-state index in [1.165, 1.54) is 4.90 Å². The molecule has 0 aromatic carbocycles. The molecule has 4 nitrogen and oxygen atoms in total. The van der Waals surface area contributed by atoms with Crippen molar-refractivity contribution < 1.29 is 9.59 Å². The molecule has 1 aliphatic rings. The van der Waals surface area contributed by atoms with Gasteiger partial charge < -0.3 is 5.73 Å². The van der Waals surface area contributed by atoms with Gasteiger partial charge in [-0.25, -0.2) is 0 Å². The van der Waals surface area contributed by atoms with E-state index in [2.05, 4.69) is 0 Å². The van der Waals surface area contributed by atoms with Crippen LogP contribution in [0.5, 0.6) is 0 Å². The largest absolute Gasteiger partial charge is 0.329 e. The van der Waals surface area contributed by atoms with Gasteiger partial charge >= 0.3 is 0 Å². The van der Waals surface area contributed by atoms with Gasteiger partial charge in [0.25, 0.3) is 11.8 Å². The molecule has 0 fully saturated rings. The maximum atomic E-state index is 11.5. The van der Waals surface area contributed by atoms with Crippen LogP contribution < -0.4 is 5.73 Å². The molecule has 1 aliphatic heterocycles. The van der Waals surface area contributed by atoms with Crippen molar-refractivity contribution in [2.24, 2.45) is 5.73 Å². The van der Waals surface area contributed by atoms with Gasteiger partial charge in [-0.3, -0.25) is 14.5 Å². The van der Waals surface area contributed by atoms with Crippen LogP contribution in [0.1, 0.15) is 20.3 Å². The summed E-state index contributed by atoms with van der Waals surface area (Å²) >= 11 is 0. The molecule has 0 unspecified atom stereocenters. The Labute approximate surface area is 77.4 Å². The molecule has 0 radical (unpaired) electrons. The van der Waals surface area contributed by atoms with Crippen molar-refractivity contribution in [3.63, 3.8) is 0 Å². The second-order valence-corrected chi connectivity index (χ2v) is 3.01. The first-order valence-electron chi connectivity index (χ1n) is 4.39. The van der Waals surface area contributed by atoms with Crippen molar-refractivity contribution in [3.8, 4) is 0 Å². The van der Waals surface area contributed by atoms with Crippen LogP contribution >= 0.6 is 0 Å². The number of hydrogen-bond acceptors (Lipinski definition) is 3. The summed E-state index contributed by atoms with van der Waals surface area (Å²) in [5.41, 5.74) is 6.49. The Hall–Kier alpha value is -1.16. The van der Waals surface area contributed by atoms with Crippen LogP contribution in [0.2, 0.25) is 0 Å². The molecule has 2 amide bonds. The fourth-order valence-corrected chi connectivity index (χ4v) is 1.50. The van der Waals surface area contributed by atoms with Gasteiger partial charge in [-0.2, -0.15) is 0 Å². The van der Waals surface area contributed by atoms with Crippen LogP contribution in [0.3, 0.4) is 0 Å². The van der Waals surface area contributed by atoms with Gasteiger partial charge in [0.15, 0.2) is 0 Å². The van der Waals surface area contributed by atoms with Crippen LogP contribution in [0, 0.1) is 0 Å². The summed E-state index contributed by atoms with van der Waals surface area (Å²) in [6.07, 6.45) is 0.609. The van der Waals surface area contributed by atoms with Crippen molar-refractivity contribution in [1.29, 1.82) is 0 Å². The highest BCUT2D eigenvalue weighted by Gasteiger charge is 2.33. The molecule has 0 saturated heterocycles. The molecule has 1 heterocycles. The molecule has 1 rings (SSSR count). The number of carbonyl (C=O) groups is 2. The molecule has 13 heavy (non-hydrogen) atoms. The number of hydrogen-bond donors (Lipinski definition) is 1. The smallest absolute Gasteiger partial charge is 0.257 e. The molecule has 4 heteroatoms. The highest BCUT2D eigenvalue weighted by molar-refractivity contribution is 6.18.